The molecule has 7 heteroatoms. The van der Waals surface area contributed by atoms with Crippen LogP contribution in [0.25, 0.3) is 0 Å². The summed E-state index contributed by atoms with van der Waals surface area (Å²) < 4.78 is 0. The summed E-state index contributed by atoms with van der Waals surface area (Å²) in [6, 6.07) is 5.03. The van der Waals surface area contributed by atoms with Crippen molar-refractivity contribution in [1.29, 1.82) is 0 Å². The second-order valence-corrected chi connectivity index (χ2v) is 7.06. The van der Waals surface area contributed by atoms with Crippen LogP contribution in [0.1, 0.15) is 34.3 Å². The van der Waals surface area contributed by atoms with E-state index in [4.69, 9.17) is 0 Å². The van der Waals surface area contributed by atoms with Gasteiger partial charge in [0.05, 0.1) is 18.8 Å². The second-order valence-electron chi connectivity index (χ2n) is 7.06. The number of likely N-dealkylation sites (tertiary alicyclic amines) is 1. The Kier molecular flexibility index (Phi) is 7.55. The van der Waals surface area contributed by atoms with E-state index in [1.54, 1.807) is 4.90 Å². The maximum absolute atomic E-state index is 12.1. The normalized spacial score (nSPS) is 26.7. The lowest BCUT2D eigenvalue weighted by molar-refractivity contribution is -0.145. The van der Waals surface area contributed by atoms with Crippen LogP contribution in [0.3, 0.4) is 0 Å². The molecule has 1 amide bonds. The average Bonchev–Trinajstić information content (AvgIpc) is 2.61. The Labute approximate surface area is 154 Å². The van der Waals surface area contributed by atoms with Crippen LogP contribution in [0.5, 0.6) is 0 Å². The van der Waals surface area contributed by atoms with Gasteiger partial charge in [0.1, 0.15) is 12.2 Å². The van der Waals surface area contributed by atoms with Crippen molar-refractivity contribution in [3.05, 3.63) is 34.9 Å². The molecular weight excluding hydrogens is 336 g/mol. The number of amides is 1. The first-order chi connectivity index (χ1) is 12.3. The van der Waals surface area contributed by atoms with Crippen molar-refractivity contribution in [2.45, 2.75) is 51.0 Å². The lowest BCUT2D eigenvalue weighted by Gasteiger charge is -2.43. The molecule has 0 radical (unpaired) electrons. The maximum Gasteiger partial charge on any atom is 0.251 e. The third-order valence-electron chi connectivity index (χ3n) is 5.14. The van der Waals surface area contributed by atoms with Gasteiger partial charge in [0, 0.05) is 18.7 Å². The highest BCUT2D eigenvalue weighted by Crippen LogP contribution is 2.19. The summed E-state index contributed by atoms with van der Waals surface area (Å²) in [6.45, 7) is 4.99. The highest BCUT2D eigenvalue weighted by atomic mass is 16.4. The summed E-state index contributed by atoms with van der Waals surface area (Å²) in [4.78, 5) is 13.9. The molecule has 0 spiro atoms. The number of aliphatic hydroxyl groups excluding tert-OH is 4. The van der Waals surface area contributed by atoms with Gasteiger partial charge in [0.2, 0.25) is 0 Å². The third kappa shape index (κ3) is 5.02. The van der Waals surface area contributed by atoms with Gasteiger partial charge in [-0.05, 0) is 56.5 Å². The highest BCUT2D eigenvalue weighted by Gasteiger charge is 2.40. The zero-order valence-corrected chi connectivity index (χ0v) is 15.4. The summed E-state index contributed by atoms with van der Waals surface area (Å²) in [5.41, 5.74) is 2.87. The molecule has 1 aromatic carbocycles. The Morgan fingerprint density at radius 3 is 2.54 bits per heavy atom. The Morgan fingerprint density at radius 1 is 1.15 bits per heavy atom. The van der Waals surface area contributed by atoms with E-state index < -0.39 is 24.4 Å². The minimum Gasteiger partial charge on any atom is -0.395 e. The number of aliphatic hydroxyl groups is 4. The monoisotopic (exact) mass is 366 g/mol. The molecule has 1 aromatic rings. The number of aryl methyl sites for hydroxylation is 2. The fourth-order valence-corrected chi connectivity index (χ4v) is 3.26. The first-order valence-electron chi connectivity index (χ1n) is 9.09. The Balaban J connectivity index is 1.74. The van der Waals surface area contributed by atoms with Crippen LogP contribution in [-0.4, -0.2) is 81.8 Å². The van der Waals surface area contributed by atoms with Crippen LogP contribution >= 0.6 is 0 Å². The molecule has 146 valence electrons. The number of nitrogens with one attached hydrogen (secondary N) is 1. The number of hydrogen-bond donors (Lipinski definition) is 5. The molecule has 7 nitrogen and oxygen atoms in total. The Bertz CT molecular complexity index is 610. The average molecular weight is 366 g/mol. The van der Waals surface area contributed by atoms with Gasteiger partial charge in [-0.2, -0.15) is 0 Å². The molecule has 26 heavy (non-hydrogen) atoms. The van der Waals surface area contributed by atoms with Gasteiger partial charge < -0.3 is 25.7 Å². The smallest absolute Gasteiger partial charge is 0.251 e. The Morgan fingerprint density at radius 2 is 1.88 bits per heavy atom. The summed E-state index contributed by atoms with van der Waals surface area (Å²) in [6.07, 6.45) is -1.97. The summed E-state index contributed by atoms with van der Waals surface area (Å²) in [5.74, 6) is -0.103. The Hall–Kier alpha value is -1.51. The fourth-order valence-electron chi connectivity index (χ4n) is 3.26. The molecule has 5 N–H and O–H groups in total. The van der Waals surface area contributed by atoms with Crippen molar-refractivity contribution in [3.63, 3.8) is 0 Å². The maximum atomic E-state index is 12.1. The number of nitrogens with zero attached hydrogens (tertiary/aromatic N) is 1. The molecular formula is C19H30N2O5. The molecule has 1 aliphatic heterocycles. The van der Waals surface area contributed by atoms with Gasteiger partial charge in [0.15, 0.2) is 0 Å². The van der Waals surface area contributed by atoms with Crippen molar-refractivity contribution in [2.24, 2.45) is 0 Å². The molecule has 0 unspecified atom stereocenters. The van der Waals surface area contributed by atoms with Gasteiger partial charge in [0.25, 0.3) is 5.91 Å². The first-order valence-corrected chi connectivity index (χ1v) is 9.09. The quantitative estimate of drug-likeness (QED) is 0.419. The zero-order valence-electron chi connectivity index (χ0n) is 15.4. The fraction of sp³-hybridized carbons (Fsp3) is 0.632. The molecule has 2 rings (SSSR count). The number of carbonyl (C=O) groups is 1. The summed E-state index contributed by atoms with van der Waals surface area (Å²) in [5, 5.41) is 41.7. The van der Waals surface area contributed by atoms with E-state index in [1.165, 1.54) is 0 Å². The zero-order chi connectivity index (χ0) is 19.3. The minimum absolute atomic E-state index is 0.103. The van der Waals surface area contributed by atoms with Crippen LogP contribution in [0.4, 0.5) is 0 Å². The molecule has 0 saturated carbocycles. The number of rotatable bonds is 7. The summed E-state index contributed by atoms with van der Waals surface area (Å²) in [7, 11) is 0. The topological polar surface area (TPSA) is 113 Å². The molecule has 1 heterocycles. The molecule has 0 aliphatic carbocycles. The molecule has 1 aliphatic rings. The number of benzene rings is 1. The first kappa shape index (κ1) is 20.8. The molecule has 1 fully saturated rings. The van der Waals surface area contributed by atoms with Crippen molar-refractivity contribution in [3.8, 4) is 0 Å². The van der Waals surface area contributed by atoms with Gasteiger partial charge in [-0.1, -0.05) is 6.07 Å². The SMILES string of the molecule is Cc1ccc(C(=O)NCCCCN2C[C@H](O)[C@@H](O)[C@H](O)[C@H]2CO)cc1C. The molecule has 1 saturated heterocycles. The number of β-amino-alcohol motifs (C(OH)–C–C–N with tert-alkyl or cyclic N) is 1. The lowest BCUT2D eigenvalue weighted by Crippen LogP contribution is -2.62. The van der Waals surface area contributed by atoms with Gasteiger partial charge in [-0.15, -0.1) is 0 Å². The second kappa shape index (κ2) is 9.43. The van der Waals surface area contributed by atoms with Crippen molar-refractivity contribution in [2.75, 3.05) is 26.2 Å². The van der Waals surface area contributed by atoms with Gasteiger partial charge in [-0.25, -0.2) is 0 Å². The van der Waals surface area contributed by atoms with Crippen LogP contribution in [0.15, 0.2) is 18.2 Å². The van der Waals surface area contributed by atoms with Crippen LogP contribution in [0, 0.1) is 13.8 Å². The van der Waals surface area contributed by atoms with E-state index in [-0.39, 0.29) is 19.1 Å². The van der Waals surface area contributed by atoms with E-state index in [1.807, 2.05) is 32.0 Å². The van der Waals surface area contributed by atoms with Crippen molar-refractivity contribution >= 4 is 5.91 Å². The predicted octanol–water partition coefficient (Wildman–Crippen LogP) is -0.427. The van der Waals surface area contributed by atoms with E-state index in [2.05, 4.69) is 5.32 Å². The number of piperidine rings is 1. The van der Waals surface area contributed by atoms with Gasteiger partial charge >= 0.3 is 0 Å². The molecule has 0 bridgehead atoms. The standard InChI is InChI=1S/C19H30N2O5/c1-12-5-6-14(9-13(12)2)19(26)20-7-3-4-8-21-10-16(23)18(25)17(24)15(21)11-22/h5-6,9,15-18,22-25H,3-4,7-8,10-11H2,1-2H3,(H,20,26)/t15-,16+,17-,18-/m1/s1. The molecule has 4 atom stereocenters. The number of carbonyl (C=O) groups excluding carboxylic acids is 1. The van der Waals surface area contributed by atoms with E-state index >= 15 is 0 Å². The van der Waals surface area contributed by atoms with Gasteiger partial charge in [-0.3, -0.25) is 9.69 Å². The van der Waals surface area contributed by atoms with Crippen molar-refractivity contribution in [1.82, 2.24) is 10.2 Å². The lowest BCUT2D eigenvalue weighted by atomic mass is 9.94. The summed E-state index contributed by atoms with van der Waals surface area (Å²) >= 11 is 0. The van der Waals surface area contributed by atoms with Crippen LogP contribution < -0.4 is 5.32 Å². The van der Waals surface area contributed by atoms with Crippen LogP contribution in [0.2, 0.25) is 0 Å². The minimum atomic E-state index is -1.24. The number of unbranched alkanes of at least 4 members (excludes halogenated alkanes) is 1. The predicted molar refractivity (Wildman–Crippen MR) is 98.0 cm³/mol. The third-order valence-corrected chi connectivity index (χ3v) is 5.14. The molecule has 0 aromatic heterocycles. The van der Waals surface area contributed by atoms with E-state index in [9.17, 15) is 25.2 Å². The van der Waals surface area contributed by atoms with E-state index in [0.717, 1.165) is 24.0 Å². The van der Waals surface area contributed by atoms with Crippen molar-refractivity contribution < 1.29 is 25.2 Å². The highest BCUT2D eigenvalue weighted by molar-refractivity contribution is 5.94. The van der Waals surface area contributed by atoms with E-state index in [0.29, 0.717) is 18.7 Å². The largest absolute Gasteiger partial charge is 0.395 e. The number of hydrogen-bond acceptors (Lipinski definition) is 6. The van der Waals surface area contributed by atoms with Crippen LogP contribution in [-0.2, 0) is 0 Å².